The molecule has 0 aliphatic carbocycles. The van der Waals surface area contributed by atoms with Crippen LogP contribution in [0.3, 0.4) is 0 Å². The van der Waals surface area contributed by atoms with Gasteiger partial charge in [-0.25, -0.2) is 4.79 Å². The Labute approximate surface area is 176 Å². The number of halogens is 1. The van der Waals surface area contributed by atoms with Crippen LogP contribution >= 0.6 is 11.6 Å². The van der Waals surface area contributed by atoms with E-state index in [0.717, 1.165) is 0 Å². The number of benzene rings is 1. The topological polar surface area (TPSA) is 115 Å². The molecule has 1 aliphatic heterocycles. The van der Waals surface area contributed by atoms with Gasteiger partial charge in [-0.05, 0) is 24.3 Å². The van der Waals surface area contributed by atoms with Gasteiger partial charge in [-0.3, -0.25) is 14.3 Å². The number of hydrogen-bond donors (Lipinski definition) is 2. The van der Waals surface area contributed by atoms with E-state index >= 15 is 0 Å². The highest BCUT2D eigenvalue weighted by atomic mass is 35.5. The van der Waals surface area contributed by atoms with Crippen molar-refractivity contribution in [3.8, 4) is 5.75 Å². The average Bonchev–Trinajstić information content (AvgIpc) is 3.12. The summed E-state index contributed by atoms with van der Waals surface area (Å²) in [5.74, 6) is 1.08. The number of aromatic nitrogens is 4. The fourth-order valence-electron chi connectivity index (χ4n) is 3.39. The predicted octanol–water partition coefficient (Wildman–Crippen LogP) is 0.353. The number of morpholine rings is 1. The molecule has 1 fully saturated rings. The lowest BCUT2D eigenvalue weighted by Gasteiger charge is -2.28. The molecule has 2 N–H and O–H groups in total. The van der Waals surface area contributed by atoms with Crippen LogP contribution in [0.25, 0.3) is 11.2 Å². The zero-order valence-electron chi connectivity index (χ0n) is 16.4. The van der Waals surface area contributed by atoms with Crippen molar-refractivity contribution in [1.82, 2.24) is 19.1 Å². The summed E-state index contributed by atoms with van der Waals surface area (Å²) in [6.07, 6.45) is -0.922. The smallest absolute Gasteiger partial charge is 0.329 e. The molecular formula is C19H22ClN5O5. The Balaban J connectivity index is 1.65. The molecule has 1 aromatic carbocycles. The number of aromatic amines is 1. The van der Waals surface area contributed by atoms with Gasteiger partial charge in [-0.1, -0.05) is 11.6 Å². The lowest BCUT2D eigenvalue weighted by atomic mass is 10.3. The molecule has 3 heterocycles. The summed E-state index contributed by atoms with van der Waals surface area (Å²) in [4.78, 5) is 33.4. The van der Waals surface area contributed by atoms with Crippen molar-refractivity contribution >= 4 is 28.7 Å². The first-order valence-electron chi connectivity index (χ1n) is 9.52. The largest absolute Gasteiger partial charge is 0.491 e. The summed E-state index contributed by atoms with van der Waals surface area (Å²) in [6, 6.07) is 6.81. The maximum absolute atomic E-state index is 12.6. The first-order chi connectivity index (χ1) is 14.4. The van der Waals surface area contributed by atoms with Gasteiger partial charge >= 0.3 is 5.69 Å². The van der Waals surface area contributed by atoms with E-state index in [1.54, 1.807) is 35.9 Å². The summed E-state index contributed by atoms with van der Waals surface area (Å²) in [7, 11) is 1.54. The van der Waals surface area contributed by atoms with Gasteiger partial charge in [0.1, 0.15) is 18.5 Å². The van der Waals surface area contributed by atoms with Crippen LogP contribution in [0.1, 0.15) is 0 Å². The second-order valence-corrected chi connectivity index (χ2v) is 7.47. The molecule has 0 amide bonds. The molecule has 30 heavy (non-hydrogen) atoms. The quantitative estimate of drug-likeness (QED) is 0.574. The minimum atomic E-state index is -0.922. The van der Waals surface area contributed by atoms with E-state index < -0.39 is 17.4 Å². The van der Waals surface area contributed by atoms with Crippen LogP contribution in [0.4, 0.5) is 5.95 Å². The molecule has 0 spiro atoms. The molecule has 0 radical (unpaired) electrons. The number of aliphatic hydroxyl groups excluding tert-OH is 1. The minimum absolute atomic E-state index is 0.00747. The zero-order valence-corrected chi connectivity index (χ0v) is 17.1. The highest BCUT2D eigenvalue weighted by Gasteiger charge is 2.24. The third-order valence-corrected chi connectivity index (χ3v) is 5.18. The Morgan fingerprint density at radius 3 is 2.67 bits per heavy atom. The SMILES string of the molecule is Cn1c(=O)[nH]c(=O)c2c1nc(N1CCOCC1)n2C[C@@H](O)COc1ccc(Cl)cc1. The molecule has 4 rings (SSSR count). The number of aliphatic hydroxyl groups is 1. The number of ether oxygens (including phenoxy) is 2. The molecule has 10 nitrogen and oxygen atoms in total. The molecule has 1 saturated heterocycles. The van der Waals surface area contributed by atoms with E-state index in [2.05, 4.69) is 9.97 Å². The van der Waals surface area contributed by atoms with E-state index in [1.807, 2.05) is 4.90 Å². The molecule has 11 heteroatoms. The van der Waals surface area contributed by atoms with Gasteiger partial charge in [-0.2, -0.15) is 4.98 Å². The van der Waals surface area contributed by atoms with Gasteiger partial charge in [-0.15, -0.1) is 0 Å². The van der Waals surface area contributed by atoms with Crippen LogP contribution in [0.5, 0.6) is 5.75 Å². The first-order valence-corrected chi connectivity index (χ1v) is 9.90. The molecular weight excluding hydrogens is 414 g/mol. The second-order valence-electron chi connectivity index (χ2n) is 7.03. The number of imidazole rings is 1. The lowest BCUT2D eigenvalue weighted by Crippen LogP contribution is -2.39. The van der Waals surface area contributed by atoms with Crippen molar-refractivity contribution in [3.63, 3.8) is 0 Å². The predicted molar refractivity (Wildman–Crippen MR) is 112 cm³/mol. The van der Waals surface area contributed by atoms with Crippen molar-refractivity contribution < 1.29 is 14.6 Å². The highest BCUT2D eigenvalue weighted by Crippen LogP contribution is 2.21. The van der Waals surface area contributed by atoms with Gasteiger partial charge in [0.25, 0.3) is 5.56 Å². The van der Waals surface area contributed by atoms with Crippen molar-refractivity contribution in [1.29, 1.82) is 0 Å². The fraction of sp³-hybridized carbons (Fsp3) is 0.421. The fourth-order valence-corrected chi connectivity index (χ4v) is 3.51. The van der Waals surface area contributed by atoms with E-state index in [-0.39, 0.29) is 24.3 Å². The van der Waals surface area contributed by atoms with Crippen molar-refractivity contribution in [2.45, 2.75) is 12.6 Å². The van der Waals surface area contributed by atoms with Crippen LogP contribution in [0.2, 0.25) is 5.02 Å². The Hall–Kier alpha value is -2.82. The number of aryl methyl sites for hydroxylation is 1. The standard InChI is InChI=1S/C19H22ClN5O5/c1-23-16-15(17(27)22-19(23)28)25(18(21-16)24-6-8-29-9-7-24)10-13(26)11-30-14-4-2-12(20)3-5-14/h2-5,13,26H,6-11H2,1H3,(H,22,27,28)/t13-/m1/s1. The molecule has 0 saturated carbocycles. The van der Waals surface area contributed by atoms with Crippen LogP contribution < -0.4 is 20.9 Å². The molecule has 1 aliphatic rings. The van der Waals surface area contributed by atoms with Crippen LogP contribution in [0.15, 0.2) is 33.9 Å². The molecule has 1 atom stereocenters. The van der Waals surface area contributed by atoms with Gasteiger partial charge in [0.05, 0.1) is 19.8 Å². The summed E-state index contributed by atoms with van der Waals surface area (Å²) in [6.45, 7) is 2.31. The summed E-state index contributed by atoms with van der Waals surface area (Å²) >= 11 is 5.87. The monoisotopic (exact) mass is 435 g/mol. The Kier molecular flexibility index (Phi) is 5.80. The van der Waals surface area contributed by atoms with E-state index in [9.17, 15) is 14.7 Å². The second kappa shape index (κ2) is 8.50. The van der Waals surface area contributed by atoms with Gasteiger partial charge in [0.15, 0.2) is 11.2 Å². The number of nitrogens with zero attached hydrogens (tertiary/aromatic N) is 4. The maximum atomic E-state index is 12.6. The summed E-state index contributed by atoms with van der Waals surface area (Å²) in [5, 5.41) is 11.2. The molecule has 3 aromatic rings. The average molecular weight is 436 g/mol. The Morgan fingerprint density at radius 1 is 1.27 bits per heavy atom. The van der Waals surface area contributed by atoms with Gasteiger partial charge in [0, 0.05) is 25.2 Å². The number of fused-ring (bicyclic) bond motifs is 1. The van der Waals surface area contributed by atoms with Crippen LogP contribution in [-0.4, -0.2) is 63.2 Å². The van der Waals surface area contributed by atoms with Crippen LogP contribution in [0, 0.1) is 0 Å². The summed E-state index contributed by atoms with van der Waals surface area (Å²) < 4.78 is 13.9. The number of nitrogens with one attached hydrogen (secondary N) is 1. The van der Waals surface area contributed by atoms with Crippen LogP contribution in [-0.2, 0) is 18.3 Å². The van der Waals surface area contributed by atoms with Crippen molar-refractivity contribution in [3.05, 3.63) is 50.1 Å². The first kappa shape index (κ1) is 20.5. The summed E-state index contributed by atoms with van der Waals surface area (Å²) in [5.41, 5.74) is -0.608. The number of anilines is 1. The number of hydrogen-bond acceptors (Lipinski definition) is 7. The highest BCUT2D eigenvalue weighted by molar-refractivity contribution is 6.30. The molecule has 160 valence electrons. The third kappa shape index (κ3) is 4.07. The Morgan fingerprint density at radius 2 is 1.97 bits per heavy atom. The van der Waals surface area contributed by atoms with Crippen molar-refractivity contribution in [2.24, 2.45) is 7.05 Å². The van der Waals surface area contributed by atoms with E-state index in [1.165, 1.54) is 4.57 Å². The molecule has 0 unspecified atom stereocenters. The third-order valence-electron chi connectivity index (χ3n) is 4.93. The van der Waals surface area contributed by atoms with Gasteiger partial charge in [0.2, 0.25) is 5.95 Å². The zero-order chi connectivity index (χ0) is 21.3. The number of rotatable bonds is 6. The number of H-pyrrole nitrogens is 1. The van der Waals surface area contributed by atoms with Crippen molar-refractivity contribution in [2.75, 3.05) is 37.8 Å². The lowest BCUT2D eigenvalue weighted by molar-refractivity contribution is 0.0927. The molecule has 2 aromatic heterocycles. The molecule has 0 bridgehead atoms. The maximum Gasteiger partial charge on any atom is 0.329 e. The van der Waals surface area contributed by atoms with E-state index in [4.69, 9.17) is 21.1 Å². The van der Waals surface area contributed by atoms with Gasteiger partial charge < -0.3 is 24.0 Å². The minimum Gasteiger partial charge on any atom is -0.491 e. The van der Waals surface area contributed by atoms with E-state index in [0.29, 0.717) is 43.0 Å². The normalized spacial score (nSPS) is 15.5. The Bertz CT molecular complexity index is 1150.